The average molecular weight is 425 g/mol. The monoisotopic (exact) mass is 424 g/mol. The summed E-state index contributed by atoms with van der Waals surface area (Å²) in [4.78, 5) is 39.6. The molecule has 2 aromatic carbocycles. The van der Waals surface area contributed by atoms with Gasteiger partial charge in [0.1, 0.15) is 5.75 Å². The maximum atomic E-state index is 13.4. The van der Waals surface area contributed by atoms with Crippen LogP contribution in [-0.4, -0.2) is 29.6 Å². The zero-order chi connectivity index (χ0) is 21.8. The first kappa shape index (κ1) is 21.6. The molecule has 3 amide bonds. The lowest BCUT2D eigenvalue weighted by molar-refractivity contribution is -0.120. The molecule has 0 aromatic heterocycles. The van der Waals surface area contributed by atoms with Crippen LogP contribution in [-0.2, 0) is 14.4 Å². The van der Waals surface area contributed by atoms with Crippen molar-refractivity contribution in [3.63, 3.8) is 0 Å². The van der Waals surface area contributed by atoms with Crippen LogP contribution in [0.4, 0.5) is 11.4 Å². The maximum absolute atomic E-state index is 13.4. The Balaban J connectivity index is 2.06. The quantitative estimate of drug-likeness (QED) is 0.664. The van der Waals surface area contributed by atoms with Gasteiger partial charge >= 0.3 is 0 Å². The number of benzene rings is 2. The lowest BCUT2D eigenvalue weighted by atomic mass is 10.1. The summed E-state index contributed by atoms with van der Waals surface area (Å²) < 4.78 is 5.64. The first-order valence-corrected chi connectivity index (χ1v) is 10.6. The van der Waals surface area contributed by atoms with Crippen molar-refractivity contribution in [1.82, 2.24) is 0 Å². The molecule has 0 atom stereocenters. The highest BCUT2D eigenvalue weighted by molar-refractivity contribution is 8.04. The molecule has 0 fully saturated rings. The third kappa shape index (κ3) is 4.41. The zero-order valence-electron chi connectivity index (χ0n) is 17.4. The van der Waals surface area contributed by atoms with Gasteiger partial charge in [0.25, 0.3) is 11.8 Å². The van der Waals surface area contributed by atoms with Crippen molar-refractivity contribution in [3.8, 4) is 5.75 Å². The molecule has 0 aliphatic carbocycles. The van der Waals surface area contributed by atoms with Crippen molar-refractivity contribution < 1.29 is 19.1 Å². The minimum Gasteiger partial charge on any atom is -0.492 e. The lowest BCUT2D eigenvalue weighted by Crippen LogP contribution is -2.31. The smallest absolute Gasteiger partial charge is 0.272 e. The van der Waals surface area contributed by atoms with E-state index in [4.69, 9.17) is 4.74 Å². The molecule has 30 heavy (non-hydrogen) atoms. The highest BCUT2D eigenvalue weighted by atomic mass is 32.2. The average Bonchev–Trinajstić information content (AvgIpc) is 2.92. The number of amides is 3. The predicted molar refractivity (Wildman–Crippen MR) is 120 cm³/mol. The van der Waals surface area contributed by atoms with Crippen LogP contribution in [0.5, 0.6) is 5.75 Å². The van der Waals surface area contributed by atoms with Crippen molar-refractivity contribution in [2.45, 2.75) is 32.9 Å². The summed E-state index contributed by atoms with van der Waals surface area (Å²) in [5.41, 5.74) is 2.04. The SMILES string of the molecule is CCOc1ccccc1N1C(=O)C(SC(C)C)=C(c2ccc(NC(C)=O)cc2)C1=O. The molecule has 7 heteroatoms. The van der Waals surface area contributed by atoms with E-state index in [-0.39, 0.29) is 23.0 Å². The van der Waals surface area contributed by atoms with E-state index in [0.29, 0.717) is 39.8 Å². The van der Waals surface area contributed by atoms with Gasteiger partial charge in [0.2, 0.25) is 5.91 Å². The molecule has 0 saturated carbocycles. The van der Waals surface area contributed by atoms with Gasteiger partial charge in [-0.2, -0.15) is 0 Å². The van der Waals surface area contributed by atoms with Gasteiger partial charge in [-0.25, -0.2) is 4.90 Å². The van der Waals surface area contributed by atoms with E-state index in [2.05, 4.69) is 5.32 Å². The van der Waals surface area contributed by atoms with Crippen molar-refractivity contribution in [1.29, 1.82) is 0 Å². The third-order valence-corrected chi connectivity index (χ3v) is 5.38. The van der Waals surface area contributed by atoms with Crippen LogP contribution in [0.1, 0.15) is 33.3 Å². The van der Waals surface area contributed by atoms with Gasteiger partial charge in [-0.15, -0.1) is 11.8 Å². The predicted octanol–water partition coefficient (Wildman–Crippen LogP) is 4.47. The molecule has 0 unspecified atom stereocenters. The summed E-state index contributed by atoms with van der Waals surface area (Å²) in [6.07, 6.45) is 0. The summed E-state index contributed by atoms with van der Waals surface area (Å²) in [5, 5.41) is 2.82. The number of anilines is 2. The Morgan fingerprint density at radius 2 is 1.73 bits per heavy atom. The summed E-state index contributed by atoms with van der Waals surface area (Å²) in [7, 11) is 0. The molecule has 6 nitrogen and oxygen atoms in total. The minimum absolute atomic E-state index is 0.118. The fourth-order valence-electron chi connectivity index (χ4n) is 3.17. The summed E-state index contributed by atoms with van der Waals surface area (Å²) in [5.74, 6) is -0.434. The van der Waals surface area contributed by atoms with Gasteiger partial charge in [-0.3, -0.25) is 14.4 Å². The van der Waals surface area contributed by atoms with Crippen LogP contribution in [0.25, 0.3) is 5.57 Å². The van der Waals surface area contributed by atoms with Gasteiger partial charge in [-0.1, -0.05) is 38.1 Å². The van der Waals surface area contributed by atoms with Crippen LogP contribution >= 0.6 is 11.8 Å². The Hall–Kier alpha value is -3.06. The van der Waals surface area contributed by atoms with E-state index in [1.54, 1.807) is 48.5 Å². The largest absolute Gasteiger partial charge is 0.492 e. The molecule has 2 aromatic rings. The molecule has 156 valence electrons. The van der Waals surface area contributed by atoms with Crippen LogP contribution in [0.15, 0.2) is 53.4 Å². The van der Waals surface area contributed by atoms with Gasteiger partial charge in [0, 0.05) is 17.9 Å². The molecular formula is C23H24N2O4S. The van der Waals surface area contributed by atoms with E-state index in [1.807, 2.05) is 20.8 Å². The fraction of sp³-hybridized carbons (Fsp3) is 0.261. The zero-order valence-corrected chi connectivity index (χ0v) is 18.2. The lowest BCUT2D eigenvalue weighted by Gasteiger charge is -2.19. The van der Waals surface area contributed by atoms with Crippen LogP contribution in [0.3, 0.4) is 0 Å². The Morgan fingerprint density at radius 1 is 1.07 bits per heavy atom. The van der Waals surface area contributed by atoms with E-state index in [1.165, 1.54) is 23.6 Å². The summed E-state index contributed by atoms with van der Waals surface area (Å²) >= 11 is 1.37. The second-order valence-corrected chi connectivity index (χ2v) is 8.56. The number of imide groups is 1. The third-order valence-electron chi connectivity index (χ3n) is 4.29. The van der Waals surface area contributed by atoms with E-state index < -0.39 is 0 Å². The van der Waals surface area contributed by atoms with Gasteiger partial charge in [-0.05, 0) is 36.8 Å². The first-order chi connectivity index (χ1) is 14.3. The van der Waals surface area contributed by atoms with E-state index in [9.17, 15) is 14.4 Å². The topological polar surface area (TPSA) is 75.7 Å². The standard InChI is InChI=1S/C23H24N2O4S/c1-5-29-19-9-7-6-8-18(19)25-22(27)20(21(23(25)28)30-14(2)3)16-10-12-17(13-11-16)24-15(4)26/h6-14H,5H2,1-4H3,(H,24,26). The second kappa shape index (κ2) is 9.17. The number of hydrogen-bond donors (Lipinski definition) is 1. The first-order valence-electron chi connectivity index (χ1n) is 9.73. The Morgan fingerprint density at radius 3 is 2.33 bits per heavy atom. The number of nitrogens with one attached hydrogen (secondary N) is 1. The van der Waals surface area contributed by atoms with Crippen molar-refractivity contribution in [2.24, 2.45) is 0 Å². The van der Waals surface area contributed by atoms with Gasteiger partial charge in [0.15, 0.2) is 0 Å². The van der Waals surface area contributed by atoms with Gasteiger partial charge < -0.3 is 10.1 Å². The highest BCUT2D eigenvalue weighted by Crippen LogP contribution is 2.42. The van der Waals surface area contributed by atoms with Crippen LogP contribution in [0.2, 0.25) is 0 Å². The summed E-state index contributed by atoms with van der Waals surface area (Å²) in [6, 6.07) is 13.9. The van der Waals surface area contributed by atoms with Crippen LogP contribution in [0, 0.1) is 0 Å². The van der Waals surface area contributed by atoms with E-state index in [0.717, 1.165) is 0 Å². The van der Waals surface area contributed by atoms with Crippen molar-refractivity contribution in [2.75, 3.05) is 16.8 Å². The molecule has 1 aliphatic heterocycles. The Kier molecular flexibility index (Phi) is 6.62. The number of thioether (sulfide) groups is 1. The molecule has 3 rings (SSSR count). The molecule has 0 spiro atoms. The molecule has 0 bridgehead atoms. The number of nitrogens with zero attached hydrogens (tertiary/aromatic N) is 1. The van der Waals surface area contributed by atoms with E-state index >= 15 is 0 Å². The number of hydrogen-bond acceptors (Lipinski definition) is 5. The number of rotatable bonds is 7. The van der Waals surface area contributed by atoms with Crippen molar-refractivity contribution in [3.05, 3.63) is 59.0 Å². The number of ether oxygens (including phenoxy) is 1. The normalized spacial score (nSPS) is 14.0. The fourth-order valence-corrected chi connectivity index (χ4v) is 4.16. The molecule has 1 heterocycles. The molecule has 1 N–H and O–H groups in total. The molecule has 1 aliphatic rings. The molecular weight excluding hydrogens is 400 g/mol. The van der Waals surface area contributed by atoms with Crippen molar-refractivity contribution >= 4 is 46.4 Å². The minimum atomic E-state index is -0.386. The second-order valence-electron chi connectivity index (χ2n) is 6.98. The van der Waals surface area contributed by atoms with Gasteiger partial charge in [0.05, 0.1) is 22.8 Å². The number of carbonyl (C=O) groups excluding carboxylic acids is 3. The maximum Gasteiger partial charge on any atom is 0.272 e. The highest BCUT2D eigenvalue weighted by Gasteiger charge is 2.41. The Labute approximate surface area is 180 Å². The molecule has 0 radical (unpaired) electrons. The Bertz CT molecular complexity index is 1010. The summed E-state index contributed by atoms with van der Waals surface area (Å²) in [6.45, 7) is 7.66. The number of para-hydroxylation sites is 2. The number of carbonyl (C=O) groups is 3. The van der Waals surface area contributed by atoms with Crippen LogP contribution < -0.4 is 15.0 Å². The molecule has 0 saturated heterocycles.